The molecule has 0 unspecified atom stereocenters. The summed E-state index contributed by atoms with van der Waals surface area (Å²) in [5.74, 6) is -0.117. The van der Waals surface area contributed by atoms with E-state index in [0.29, 0.717) is 25.4 Å². The lowest BCUT2D eigenvalue weighted by molar-refractivity contribution is -0.0561. The van der Waals surface area contributed by atoms with E-state index < -0.39 is 0 Å². The van der Waals surface area contributed by atoms with Crippen LogP contribution in [0, 0.1) is 0 Å². The Morgan fingerprint density at radius 1 is 1.48 bits per heavy atom. The Hall–Kier alpha value is -1.50. The standard InChI is InChI=1S/C15H23N3O3/c1-18(2)8-10-21-14-5-9-20-11-13(14)17-15(19)12-3-6-16-7-4-12/h3-4,6-7,13-14H,5,8-11H2,1-2H3,(H,17,19)/t13-,14+/m0/s1. The monoisotopic (exact) mass is 293 g/mol. The smallest absolute Gasteiger partial charge is 0.251 e. The highest BCUT2D eigenvalue weighted by Crippen LogP contribution is 2.13. The van der Waals surface area contributed by atoms with E-state index in [-0.39, 0.29) is 18.1 Å². The molecule has 0 spiro atoms. The second-order valence-corrected chi connectivity index (χ2v) is 5.39. The minimum absolute atomic E-state index is 0.00415. The highest BCUT2D eigenvalue weighted by Gasteiger charge is 2.28. The van der Waals surface area contributed by atoms with Gasteiger partial charge in [-0.3, -0.25) is 9.78 Å². The summed E-state index contributed by atoms with van der Waals surface area (Å²) < 4.78 is 11.4. The van der Waals surface area contributed by atoms with Crippen LogP contribution in [-0.4, -0.2) is 68.4 Å². The average molecular weight is 293 g/mol. The van der Waals surface area contributed by atoms with Gasteiger partial charge in [-0.15, -0.1) is 0 Å². The number of pyridine rings is 1. The summed E-state index contributed by atoms with van der Waals surface area (Å²) in [5, 5.41) is 2.99. The molecule has 0 saturated carbocycles. The largest absolute Gasteiger partial charge is 0.379 e. The van der Waals surface area contributed by atoms with Crippen molar-refractivity contribution in [2.75, 3.05) is 40.5 Å². The Bertz CT molecular complexity index is 439. The van der Waals surface area contributed by atoms with Gasteiger partial charge >= 0.3 is 0 Å². The summed E-state index contributed by atoms with van der Waals surface area (Å²) in [4.78, 5) is 18.2. The molecular weight excluding hydrogens is 270 g/mol. The van der Waals surface area contributed by atoms with E-state index in [2.05, 4.69) is 15.2 Å². The number of nitrogens with zero attached hydrogens (tertiary/aromatic N) is 2. The SMILES string of the molecule is CN(C)CCO[C@@H]1CCOC[C@@H]1NC(=O)c1ccncc1. The molecule has 2 heterocycles. The molecule has 21 heavy (non-hydrogen) atoms. The molecule has 1 aliphatic heterocycles. The Balaban J connectivity index is 1.88. The van der Waals surface area contributed by atoms with E-state index in [1.807, 2.05) is 14.1 Å². The van der Waals surface area contributed by atoms with Gasteiger partial charge in [0.2, 0.25) is 0 Å². The number of ether oxygens (including phenoxy) is 2. The summed E-state index contributed by atoms with van der Waals surface area (Å²) in [5.41, 5.74) is 0.600. The highest BCUT2D eigenvalue weighted by molar-refractivity contribution is 5.94. The number of aromatic nitrogens is 1. The van der Waals surface area contributed by atoms with Crippen molar-refractivity contribution >= 4 is 5.91 Å². The van der Waals surface area contributed by atoms with Crippen LogP contribution in [0.4, 0.5) is 0 Å². The van der Waals surface area contributed by atoms with Crippen molar-refractivity contribution in [3.05, 3.63) is 30.1 Å². The predicted octanol–water partition coefficient (Wildman–Crippen LogP) is 0.547. The van der Waals surface area contributed by atoms with Gasteiger partial charge in [0.1, 0.15) is 0 Å². The fourth-order valence-corrected chi connectivity index (χ4v) is 2.19. The summed E-state index contributed by atoms with van der Waals surface area (Å²) in [6, 6.07) is 3.28. The molecule has 1 N–H and O–H groups in total. The molecule has 1 aromatic rings. The van der Waals surface area contributed by atoms with Gasteiger partial charge in [0, 0.05) is 31.1 Å². The molecular formula is C15H23N3O3. The van der Waals surface area contributed by atoms with Gasteiger partial charge < -0.3 is 19.7 Å². The number of carbonyl (C=O) groups excluding carboxylic acids is 1. The van der Waals surface area contributed by atoms with E-state index in [9.17, 15) is 4.79 Å². The maximum Gasteiger partial charge on any atom is 0.251 e. The first-order chi connectivity index (χ1) is 10.2. The molecule has 0 radical (unpaired) electrons. The molecule has 0 aromatic carbocycles. The van der Waals surface area contributed by atoms with Gasteiger partial charge in [-0.2, -0.15) is 0 Å². The maximum absolute atomic E-state index is 12.2. The molecule has 1 aromatic heterocycles. The normalized spacial score (nSPS) is 22.2. The fraction of sp³-hybridized carbons (Fsp3) is 0.600. The minimum Gasteiger partial charge on any atom is -0.379 e. The first-order valence-electron chi connectivity index (χ1n) is 7.22. The van der Waals surface area contributed by atoms with Crippen molar-refractivity contribution in [3.8, 4) is 0 Å². The van der Waals surface area contributed by atoms with Gasteiger partial charge in [-0.25, -0.2) is 0 Å². The summed E-state index contributed by atoms with van der Waals surface area (Å²) in [6.45, 7) is 2.68. The molecule has 1 saturated heterocycles. The topological polar surface area (TPSA) is 63.7 Å². The third-order valence-electron chi connectivity index (χ3n) is 3.42. The van der Waals surface area contributed by atoms with Crippen LogP contribution >= 0.6 is 0 Å². The second kappa shape index (κ2) is 8.07. The second-order valence-electron chi connectivity index (χ2n) is 5.39. The van der Waals surface area contributed by atoms with Gasteiger partial charge in [0.05, 0.1) is 25.4 Å². The van der Waals surface area contributed by atoms with Crippen molar-refractivity contribution in [2.45, 2.75) is 18.6 Å². The lowest BCUT2D eigenvalue weighted by atomic mass is 10.1. The number of likely N-dealkylation sites (N-methyl/N-ethyl adjacent to an activating group) is 1. The molecule has 2 atom stereocenters. The molecule has 1 amide bonds. The summed E-state index contributed by atoms with van der Waals surface area (Å²) in [6.07, 6.45) is 4.02. The Kier molecular flexibility index (Phi) is 6.10. The van der Waals surface area contributed by atoms with Crippen LogP contribution in [0.3, 0.4) is 0 Å². The Morgan fingerprint density at radius 3 is 2.95 bits per heavy atom. The van der Waals surface area contributed by atoms with Crippen molar-refractivity contribution in [1.82, 2.24) is 15.2 Å². The van der Waals surface area contributed by atoms with Gasteiger partial charge in [0.25, 0.3) is 5.91 Å². The van der Waals surface area contributed by atoms with Crippen LogP contribution in [0.1, 0.15) is 16.8 Å². The number of carbonyl (C=O) groups is 1. The molecule has 0 bridgehead atoms. The fourth-order valence-electron chi connectivity index (χ4n) is 2.19. The average Bonchev–Trinajstić information content (AvgIpc) is 2.49. The number of hydrogen-bond acceptors (Lipinski definition) is 5. The van der Waals surface area contributed by atoms with E-state index >= 15 is 0 Å². The van der Waals surface area contributed by atoms with E-state index in [0.717, 1.165) is 13.0 Å². The van der Waals surface area contributed by atoms with E-state index in [4.69, 9.17) is 9.47 Å². The third-order valence-corrected chi connectivity index (χ3v) is 3.42. The summed E-state index contributed by atoms with van der Waals surface area (Å²) >= 11 is 0. The van der Waals surface area contributed by atoms with Gasteiger partial charge in [-0.05, 0) is 32.6 Å². The number of nitrogens with one attached hydrogen (secondary N) is 1. The zero-order valence-corrected chi connectivity index (χ0v) is 12.6. The van der Waals surface area contributed by atoms with Crippen LogP contribution < -0.4 is 5.32 Å². The molecule has 6 nitrogen and oxygen atoms in total. The van der Waals surface area contributed by atoms with Crippen molar-refractivity contribution in [1.29, 1.82) is 0 Å². The van der Waals surface area contributed by atoms with Crippen LogP contribution in [0.5, 0.6) is 0 Å². The van der Waals surface area contributed by atoms with Crippen LogP contribution in [0.15, 0.2) is 24.5 Å². The first-order valence-corrected chi connectivity index (χ1v) is 7.22. The number of amides is 1. The molecule has 6 heteroatoms. The van der Waals surface area contributed by atoms with Gasteiger partial charge in [0.15, 0.2) is 0 Å². The molecule has 1 aliphatic rings. The first kappa shape index (κ1) is 15.9. The lowest BCUT2D eigenvalue weighted by Crippen LogP contribution is -2.51. The lowest BCUT2D eigenvalue weighted by Gasteiger charge is -2.32. The zero-order chi connectivity index (χ0) is 15.1. The van der Waals surface area contributed by atoms with Crippen LogP contribution in [-0.2, 0) is 9.47 Å². The summed E-state index contributed by atoms with van der Waals surface area (Å²) in [7, 11) is 4.02. The quantitative estimate of drug-likeness (QED) is 0.830. The minimum atomic E-state index is -0.117. The van der Waals surface area contributed by atoms with Crippen molar-refractivity contribution in [3.63, 3.8) is 0 Å². The van der Waals surface area contributed by atoms with E-state index in [1.54, 1.807) is 24.5 Å². The van der Waals surface area contributed by atoms with Crippen LogP contribution in [0.2, 0.25) is 0 Å². The number of hydrogen-bond donors (Lipinski definition) is 1. The Morgan fingerprint density at radius 2 is 2.24 bits per heavy atom. The predicted molar refractivity (Wildman–Crippen MR) is 79.2 cm³/mol. The third kappa shape index (κ3) is 5.08. The highest BCUT2D eigenvalue weighted by atomic mass is 16.5. The molecule has 0 aliphatic carbocycles. The van der Waals surface area contributed by atoms with Crippen LogP contribution in [0.25, 0.3) is 0 Å². The Labute approximate surface area is 125 Å². The van der Waals surface area contributed by atoms with Gasteiger partial charge in [-0.1, -0.05) is 0 Å². The molecule has 1 fully saturated rings. The molecule has 2 rings (SSSR count). The van der Waals surface area contributed by atoms with Crippen molar-refractivity contribution in [2.24, 2.45) is 0 Å². The number of rotatable bonds is 6. The van der Waals surface area contributed by atoms with E-state index in [1.165, 1.54) is 0 Å². The maximum atomic E-state index is 12.2. The molecule has 116 valence electrons. The zero-order valence-electron chi connectivity index (χ0n) is 12.6. The van der Waals surface area contributed by atoms with Crippen molar-refractivity contribution < 1.29 is 14.3 Å².